The van der Waals surface area contributed by atoms with Gasteiger partial charge in [0.05, 0.1) is 16.5 Å². The molecule has 21 heavy (non-hydrogen) atoms. The normalized spacial score (nSPS) is 14.1. The minimum Gasteiger partial charge on any atom is -0.408 e. The van der Waals surface area contributed by atoms with Crippen molar-refractivity contribution in [2.24, 2.45) is 0 Å². The zero-order valence-electron chi connectivity index (χ0n) is 11.0. The van der Waals surface area contributed by atoms with E-state index < -0.39 is 0 Å². The quantitative estimate of drug-likeness (QED) is 0.648. The van der Waals surface area contributed by atoms with Gasteiger partial charge < -0.3 is 10.2 Å². The van der Waals surface area contributed by atoms with Crippen LogP contribution in [-0.4, -0.2) is 21.9 Å². The number of nitrogens with one attached hydrogen (secondary N) is 1. The third kappa shape index (κ3) is 3.68. The number of thioether (sulfide) groups is 1. The van der Waals surface area contributed by atoms with Crippen LogP contribution in [0.25, 0.3) is 0 Å². The predicted octanol–water partition coefficient (Wildman–Crippen LogP) is 2.91. The van der Waals surface area contributed by atoms with Crippen LogP contribution < -0.4 is 11.1 Å². The van der Waals surface area contributed by atoms with E-state index in [1.807, 2.05) is 6.07 Å². The molecule has 3 N–H and O–H groups in total. The molecule has 0 spiro atoms. The van der Waals surface area contributed by atoms with Crippen molar-refractivity contribution in [2.75, 3.05) is 16.8 Å². The third-order valence-corrected chi connectivity index (χ3v) is 4.28. The second-order valence-corrected chi connectivity index (χ2v) is 6.20. The van der Waals surface area contributed by atoms with Crippen LogP contribution in [0.3, 0.4) is 0 Å². The Labute approximate surface area is 130 Å². The van der Waals surface area contributed by atoms with Gasteiger partial charge in [-0.3, -0.25) is 10.1 Å². The highest BCUT2D eigenvalue weighted by molar-refractivity contribution is 8.00. The number of anilines is 2. The van der Waals surface area contributed by atoms with E-state index in [4.69, 9.17) is 21.8 Å². The standard InChI is InChI=1S/C13H13ClN4O2S/c14-9-5-8(3-4-10(9)15)21-6-11(19)16-13-18-17-12(20-13)7-1-2-7/h3-5,7H,1-2,6,15H2,(H,16,18,19). The fourth-order valence-electron chi connectivity index (χ4n) is 1.68. The summed E-state index contributed by atoms with van der Waals surface area (Å²) in [5.74, 6) is 0.984. The molecule has 1 heterocycles. The molecule has 1 saturated carbocycles. The van der Waals surface area contributed by atoms with Gasteiger partial charge in [0.15, 0.2) is 0 Å². The van der Waals surface area contributed by atoms with Crippen molar-refractivity contribution < 1.29 is 9.21 Å². The summed E-state index contributed by atoms with van der Waals surface area (Å²) in [6.45, 7) is 0. The summed E-state index contributed by atoms with van der Waals surface area (Å²) in [5.41, 5.74) is 6.15. The predicted molar refractivity (Wildman–Crippen MR) is 81.5 cm³/mol. The van der Waals surface area contributed by atoms with Crippen LogP contribution >= 0.6 is 23.4 Å². The molecule has 8 heteroatoms. The van der Waals surface area contributed by atoms with Crippen molar-refractivity contribution in [2.45, 2.75) is 23.7 Å². The summed E-state index contributed by atoms with van der Waals surface area (Å²) in [7, 11) is 0. The highest BCUT2D eigenvalue weighted by Gasteiger charge is 2.29. The van der Waals surface area contributed by atoms with Gasteiger partial charge in [0.1, 0.15) is 0 Å². The molecule has 1 aromatic carbocycles. The number of carbonyl (C=O) groups is 1. The minimum absolute atomic E-state index is 0.151. The Balaban J connectivity index is 1.52. The molecule has 1 aromatic heterocycles. The molecule has 6 nitrogen and oxygen atoms in total. The molecule has 1 fully saturated rings. The summed E-state index contributed by atoms with van der Waals surface area (Å²) >= 11 is 7.28. The molecular formula is C13H13ClN4O2S. The number of hydrogen-bond donors (Lipinski definition) is 2. The van der Waals surface area contributed by atoms with Crippen molar-refractivity contribution in [3.8, 4) is 0 Å². The first-order valence-corrected chi connectivity index (χ1v) is 7.79. The van der Waals surface area contributed by atoms with E-state index in [0.717, 1.165) is 17.7 Å². The molecule has 110 valence electrons. The average molecular weight is 325 g/mol. The number of halogens is 1. The Bertz CT molecular complexity index is 672. The third-order valence-electron chi connectivity index (χ3n) is 2.96. The molecule has 0 aliphatic heterocycles. The number of aromatic nitrogens is 2. The van der Waals surface area contributed by atoms with Crippen LogP contribution in [0, 0.1) is 0 Å². The Morgan fingerprint density at radius 1 is 1.48 bits per heavy atom. The summed E-state index contributed by atoms with van der Waals surface area (Å²) in [6.07, 6.45) is 2.15. The number of nitrogen functional groups attached to an aromatic ring is 1. The van der Waals surface area contributed by atoms with Gasteiger partial charge in [-0.2, -0.15) is 0 Å². The molecule has 3 rings (SSSR count). The first-order valence-electron chi connectivity index (χ1n) is 6.43. The molecule has 0 bridgehead atoms. The lowest BCUT2D eigenvalue weighted by molar-refractivity contribution is -0.113. The minimum atomic E-state index is -0.209. The van der Waals surface area contributed by atoms with E-state index in [-0.39, 0.29) is 17.7 Å². The summed E-state index contributed by atoms with van der Waals surface area (Å²) in [4.78, 5) is 12.7. The molecule has 0 radical (unpaired) electrons. The highest BCUT2D eigenvalue weighted by atomic mass is 35.5. The van der Waals surface area contributed by atoms with Gasteiger partial charge in [0.2, 0.25) is 11.8 Å². The van der Waals surface area contributed by atoms with Crippen molar-refractivity contribution in [3.63, 3.8) is 0 Å². The Morgan fingerprint density at radius 2 is 2.29 bits per heavy atom. The maximum absolute atomic E-state index is 11.8. The van der Waals surface area contributed by atoms with Gasteiger partial charge >= 0.3 is 6.01 Å². The Morgan fingerprint density at radius 3 is 3.00 bits per heavy atom. The number of nitrogens with two attached hydrogens (primary N) is 1. The van der Waals surface area contributed by atoms with Gasteiger partial charge in [-0.25, -0.2) is 0 Å². The lowest BCUT2D eigenvalue weighted by atomic mass is 10.3. The lowest BCUT2D eigenvalue weighted by Crippen LogP contribution is -2.14. The summed E-state index contributed by atoms with van der Waals surface area (Å²) < 4.78 is 5.36. The monoisotopic (exact) mass is 324 g/mol. The molecule has 2 aromatic rings. The largest absolute Gasteiger partial charge is 0.408 e. The topological polar surface area (TPSA) is 94.0 Å². The number of amides is 1. The number of nitrogens with zero attached hydrogens (tertiary/aromatic N) is 2. The van der Waals surface area contributed by atoms with Crippen LogP contribution in [0.5, 0.6) is 0 Å². The zero-order chi connectivity index (χ0) is 14.8. The van der Waals surface area contributed by atoms with E-state index in [1.54, 1.807) is 12.1 Å². The second-order valence-electron chi connectivity index (χ2n) is 4.74. The molecule has 1 aliphatic rings. The zero-order valence-corrected chi connectivity index (χ0v) is 12.6. The molecular weight excluding hydrogens is 312 g/mol. The second kappa shape index (κ2) is 5.95. The van der Waals surface area contributed by atoms with Gasteiger partial charge in [-0.05, 0) is 31.0 Å². The maximum Gasteiger partial charge on any atom is 0.322 e. The van der Waals surface area contributed by atoms with Gasteiger partial charge in [0.25, 0.3) is 0 Å². The van der Waals surface area contributed by atoms with E-state index in [9.17, 15) is 4.79 Å². The van der Waals surface area contributed by atoms with Gasteiger partial charge in [-0.15, -0.1) is 16.9 Å². The van der Waals surface area contributed by atoms with Crippen LogP contribution in [0.1, 0.15) is 24.7 Å². The van der Waals surface area contributed by atoms with Crippen LogP contribution in [0.4, 0.5) is 11.7 Å². The number of hydrogen-bond acceptors (Lipinski definition) is 6. The maximum atomic E-state index is 11.8. The highest BCUT2D eigenvalue weighted by Crippen LogP contribution is 2.39. The van der Waals surface area contributed by atoms with Gasteiger partial charge in [0, 0.05) is 10.8 Å². The fraction of sp³-hybridized carbons (Fsp3) is 0.308. The van der Waals surface area contributed by atoms with Crippen molar-refractivity contribution >= 4 is 41.0 Å². The van der Waals surface area contributed by atoms with E-state index in [1.165, 1.54) is 11.8 Å². The lowest BCUT2D eigenvalue weighted by Gasteiger charge is -2.03. The SMILES string of the molecule is Nc1ccc(SCC(=O)Nc2nnc(C3CC3)o2)cc1Cl. The smallest absolute Gasteiger partial charge is 0.322 e. The molecule has 0 unspecified atom stereocenters. The average Bonchev–Trinajstić information content (AvgIpc) is 3.21. The van der Waals surface area contributed by atoms with Crippen molar-refractivity contribution in [3.05, 3.63) is 29.1 Å². The van der Waals surface area contributed by atoms with E-state index in [0.29, 0.717) is 22.5 Å². The van der Waals surface area contributed by atoms with Crippen molar-refractivity contribution in [1.29, 1.82) is 0 Å². The summed E-state index contributed by atoms with van der Waals surface area (Å²) in [6, 6.07) is 5.41. The van der Waals surface area contributed by atoms with Crippen molar-refractivity contribution in [1.82, 2.24) is 10.2 Å². The number of benzene rings is 1. The Kier molecular flexibility index (Phi) is 4.03. The fourth-order valence-corrected chi connectivity index (χ4v) is 2.66. The molecule has 0 saturated heterocycles. The van der Waals surface area contributed by atoms with Crippen LogP contribution in [0.15, 0.2) is 27.5 Å². The molecule has 1 amide bonds. The van der Waals surface area contributed by atoms with Crippen LogP contribution in [-0.2, 0) is 4.79 Å². The van der Waals surface area contributed by atoms with E-state index >= 15 is 0 Å². The molecule has 1 aliphatic carbocycles. The van der Waals surface area contributed by atoms with Crippen LogP contribution in [0.2, 0.25) is 5.02 Å². The van der Waals surface area contributed by atoms with E-state index in [2.05, 4.69) is 15.5 Å². The summed E-state index contributed by atoms with van der Waals surface area (Å²) in [5, 5.41) is 10.8. The number of rotatable bonds is 5. The van der Waals surface area contributed by atoms with Gasteiger partial charge in [-0.1, -0.05) is 16.7 Å². The first kappa shape index (κ1) is 14.2. The molecule has 0 atom stereocenters. The first-order chi connectivity index (χ1) is 10.1. The number of carbonyl (C=O) groups excluding carboxylic acids is 1. The Hall–Kier alpha value is -1.73.